The van der Waals surface area contributed by atoms with Gasteiger partial charge in [-0.3, -0.25) is 15.3 Å². The summed E-state index contributed by atoms with van der Waals surface area (Å²) in [7, 11) is 0. The van der Waals surface area contributed by atoms with E-state index >= 15 is 0 Å². The highest BCUT2D eigenvalue weighted by atomic mass is 16.9. The summed E-state index contributed by atoms with van der Waals surface area (Å²) >= 11 is 0. The van der Waals surface area contributed by atoms with Crippen molar-refractivity contribution >= 4 is 11.9 Å². The molecule has 0 bridgehead atoms. The predicted molar refractivity (Wildman–Crippen MR) is 59.9 cm³/mol. The minimum absolute atomic E-state index is 0.897. The first-order valence-corrected chi connectivity index (χ1v) is 5.55. The van der Waals surface area contributed by atoms with Crippen molar-refractivity contribution in [2.75, 3.05) is 0 Å². The Kier molecular flexibility index (Phi) is 4.17. The Morgan fingerprint density at radius 2 is 1.74 bits per heavy atom. The summed E-state index contributed by atoms with van der Waals surface area (Å²) in [4.78, 5) is 22.1. The predicted octanol–water partition coefficient (Wildman–Crippen LogP) is -2.48. The maximum atomic E-state index is 11.1. The Morgan fingerprint density at radius 3 is 2.16 bits per heavy atom. The fourth-order valence-corrected chi connectivity index (χ4v) is 1.81. The molecule has 1 rings (SSSR count). The van der Waals surface area contributed by atoms with E-state index in [-0.39, 0.29) is 0 Å². The van der Waals surface area contributed by atoms with Crippen molar-refractivity contribution in [1.29, 1.82) is 0 Å². The van der Waals surface area contributed by atoms with Crippen LogP contribution < -0.4 is 11.5 Å². The second kappa shape index (κ2) is 5.02. The second-order valence-electron chi connectivity index (χ2n) is 4.41. The molecule has 0 spiro atoms. The van der Waals surface area contributed by atoms with Crippen LogP contribution in [0.4, 0.5) is 0 Å². The van der Waals surface area contributed by atoms with Gasteiger partial charge in [-0.2, -0.15) is 0 Å². The molecule has 1 aliphatic rings. The first-order valence-electron chi connectivity index (χ1n) is 5.55. The van der Waals surface area contributed by atoms with Gasteiger partial charge < -0.3 is 30.2 Å². The maximum Gasteiger partial charge on any atom is 0.386 e. The molecule has 1 aliphatic heterocycles. The Bertz CT molecular complexity index is 390. The highest BCUT2D eigenvalue weighted by molar-refractivity contribution is 5.68. The molecule has 110 valence electrons. The van der Waals surface area contributed by atoms with Crippen molar-refractivity contribution in [3.63, 3.8) is 0 Å². The average molecular weight is 278 g/mol. The zero-order chi connectivity index (χ0) is 15.0. The van der Waals surface area contributed by atoms with E-state index in [2.05, 4.69) is 9.47 Å². The molecule has 0 radical (unpaired) electrons. The molecule has 1 fully saturated rings. The third-order valence-corrected chi connectivity index (χ3v) is 2.78. The average Bonchev–Trinajstić information content (AvgIpc) is 2.22. The zero-order valence-corrected chi connectivity index (χ0v) is 10.8. The van der Waals surface area contributed by atoms with E-state index in [4.69, 9.17) is 16.2 Å². The lowest BCUT2D eigenvalue weighted by Gasteiger charge is -2.50. The van der Waals surface area contributed by atoms with E-state index in [9.17, 15) is 19.8 Å². The largest absolute Gasteiger partial charge is 0.431 e. The number of ether oxygens (including phenoxy) is 3. The number of hydrogen-bond acceptors (Lipinski definition) is 9. The molecule has 0 saturated carbocycles. The third-order valence-electron chi connectivity index (χ3n) is 2.78. The summed E-state index contributed by atoms with van der Waals surface area (Å²) in [6.07, 6.45) is -2.60. The summed E-state index contributed by atoms with van der Waals surface area (Å²) in [5, 5.41) is 20.2. The number of esters is 2. The van der Waals surface area contributed by atoms with Crippen molar-refractivity contribution in [3.05, 3.63) is 0 Å². The van der Waals surface area contributed by atoms with E-state index in [0.717, 1.165) is 13.8 Å². The van der Waals surface area contributed by atoms with Crippen LogP contribution in [0.1, 0.15) is 20.8 Å². The summed E-state index contributed by atoms with van der Waals surface area (Å²) in [6, 6.07) is -1.06. The van der Waals surface area contributed by atoms with Crippen molar-refractivity contribution < 1.29 is 34.0 Å². The van der Waals surface area contributed by atoms with Gasteiger partial charge in [0.1, 0.15) is 6.10 Å². The molecular formula is C10H18N2O7. The van der Waals surface area contributed by atoms with Crippen LogP contribution >= 0.6 is 0 Å². The van der Waals surface area contributed by atoms with Gasteiger partial charge in [-0.05, 0) is 6.92 Å². The summed E-state index contributed by atoms with van der Waals surface area (Å²) < 4.78 is 14.3. The van der Waals surface area contributed by atoms with Crippen LogP contribution in [0.5, 0.6) is 0 Å². The third kappa shape index (κ3) is 2.69. The maximum absolute atomic E-state index is 11.1. The number of aliphatic hydroxyl groups excluding tert-OH is 1. The van der Waals surface area contributed by atoms with Gasteiger partial charge in [-0.15, -0.1) is 0 Å². The van der Waals surface area contributed by atoms with Crippen LogP contribution in [0.2, 0.25) is 0 Å². The van der Waals surface area contributed by atoms with E-state index < -0.39 is 41.9 Å². The van der Waals surface area contributed by atoms with Crippen LogP contribution in [0.25, 0.3) is 0 Å². The molecule has 19 heavy (non-hydrogen) atoms. The Morgan fingerprint density at radius 1 is 1.26 bits per heavy atom. The number of rotatable bonds is 2. The highest BCUT2D eigenvalue weighted by Crippen LogP contribution is 2.36. The van der Waals surface area contributed by atoms with Gasteiger partial charge in [0.2, 0.25) is 0 Å². The van der Waals surface area contributed by atoms with Gasteiger partial charge >= 0.3 is 17.9 Å². The number of hydrogen-bond donors (Lipinski definition) is 4. The van der Waals surface area contributed by atoms with Crippen LogP contribution in [-0.4, -0.2) is 52.1 Å². The molecule has 9 nitrogen and oxygen atoms in total. The van der Waals surface area contributed by atoms with Crippen LogP contribution in [0, 0.1) is 0 Å². The Hall–Kier alpha value is -1.26. The van der Waals surface area contributed by atoms with E-state index in [1.54, 1.807) is 0 Å². The van der Waals surface area contributed by atoms with Gasteiger partial charge in [-0.1, -0.05) is 0 Å². The topological polar surface area (TPSA) is 154 Å². The number of carbonyl (C=O) groups excluding carboxylic acids is 2. The summed E-state index contributed by atoms with van der Waals surface area (Å²) in [5.41, 5.74) is 8.75. The molecule has 0 aliphatic carbocycles. The lowest BCUT2D eigenvalue weighted by molar-refractivity contribution is -0.451. The molecule has 0 aromatic heterocycles. The van der Waals surface area contributed by atoms with Crippen LogP contribution in [-0.2, 0) is 23.8 Å². The van der Waals surface area contributed by atoms with Crippen molar-refractivity contribution in [2.24, 2.45) is 11.5 Å². The van der Waals surface area contributed by atoms with E-state index in [1.807, 2.05) is 0 Å². The SMILES string of the molecule is CC(=O)OC1(O)O[C@H](C)[C@@H](N)[C@H](O)[C@]1(N)OC(C)=O. The molecule has 1 heterocycles. The van der Waals surface area contributed by atoms with Gasteiger partial charge in [0.05, 0.1) is 12.1 Å². The molecule has 0 aromatic carbocycles. The van der Waals surface area contributed by atoms with Crippen molar-refractivity contribution in [3.8, 4) is 0 Å². The molecule has 9 heteroatoms. The minimum Gasteiger partial charge on any atom is -0.431 e. The lowest BCUT2D eigenvalue weighted by atomic mass is 9.91. The van der Waals surface area contributed by atoms with Gasteiger partial charge in [-0.25, -0.2) is 0 Å². The number of nitrogens with two attached hydrogens (primary N) is 2. The summed E-state index contributed by atoms with van der Waals surface area (Å²) in [6.45, 7) is 3.41. The lowest BCUT2D eigenvalue weighted by Crippen LogP contribution is -2.80. The summed E-state index contributed by atoms with van der Waals surface area (Å²) in [5.74, 6) is -4.70. The monoisotopic (exact) mass is 278 g/mol. The Balaban J connectivity index is 3.22. The van der Waals surface area contributed by atoms with E-state index in [0.29, 0.717) is 0 Å². The molecule has 5 atom stereocenters. The molecule has 1 unspecified atom stereocenters. The minimum atomic E-state index is -2.83. The first kappa shape index (κ1) is 15.8. The molecule has 1 saturated heterocycles. The van der Waals surface area contributed by atoms with Crippen molar-refractivity contribution in [2.45, 2.75) is 50.7 Å². The van der Waals surface area contributed by atoms with Gasteiger partial charge in [0, 0.05) is 13.8 Å². The van der Waals surface area contributed by atoms with Gasteiger partial charge in [0.25, 0.3) is 5.72 Å². The standard InChI is InChI=1S/C10H18N2O7/c1-4-7(11)8(15)9(12,18-5(2)13)10(16,17-4)19-6(3)14/h4,7-8,15-16H,11-12H2,1-3H3/t4-,7-,8+,9+,10?/m1/s1. The number of carbonyl (C=O) groups is 2. The zero-order valence-electron chi connectivity index (χ0n) is 10.8. The first-order chi connectivity index (χ1) is 8.53. The van der Waals surface area contributed by atoms with Gasteiger partial charge in [0.15, 0.2) is 0 Å². The van der Waals surface area contributed by atoms with Crippen molar-refractivity contribution in [1.82, 2.24) is 0 Å². The normalized spacial score (nSPS) is 42.6. The van der Waals surface area contributed by atoms with E-state index in [1.165, 1.54) is 6.92 Å². The number of aliphatic hydroxyl groups is 2. The second-order valence-corrected chi connectivity index (χ2v) is 4.41. The molecule has 0 aromatic rings. The highest BCUT2D eigenvalue weighted by Gasteiger charge is 2.67. The fourth-order valence-electron chi connectivity index (χ4n) is 1.81. The molecule has 6 N–H and O–H groups in total. The smallest absolute Gasteiger partial charge is 0.386 e. The van der Waals surface area contributed by atoms with Crippen LogP contribution in [0.3, 0.4) is 0 Å². The Labute approximate surface area is 109 Å². The van der Waals surface area contributed by atoms with Crippen LogP contribution in [0.15, 0.2) is 0 Å². The molecular weight excluding hydrogens is 260 g/mol. The molecule has 0 amide bonds. The quantitative estimate of drug-likeness (QED) is 0.317. The fraction of sp³-hybridized carbons (Fsp3) is 0.800.